The number of carbonyl (C=O) groups is 2. The van der Waals surface area contributed by atoms with Crippen LogP contribution in [-0.4, -0.2) is 77.0 Å². The van der Waals surface area contributed by atoms with Gasteiger partial charge in [0.1, 0.15) is 5.75 Å². The zero-order chi connectivity index (χ0) is 40.9. The zero-order valence-electron chi connectivity index (χ0n) is 35.0. The van der Waals surface area contributed by atoms with E-state index in [9.17, 15) is 19.2 Å². The summed E-state index contributed by atoms with van der Waals surface area (Å²) in [5.74, 6) is -1.60. The van der Waals surface area contributed by atoms with E-state index in [4.69, 9.17) is 10.5 Å². The summed E-state index contributed by atoms with van der Waals surface area (Å²) in [4.78, 5) is 69.9. The van der Waals surface area contributed by atoms with Crippen molar-refractivity contribution in [1.82, 2.24) is 28.9 Å². The van der Waals surface area contributed by atoms with Gasteiger partial charge in [0.25, 0.3) is 17.0 Å². The van der Waals surface area contributed by atoms with Crippen molar-refractivity contribution in [2.45, 2.75) is 190 Å². The average Bonchev–Trinajstić information content (AvgIpc) is 3.62. The minimum atomic E-state index is -0.891. The monoisotopic (exact) mass is 815 g/mol. The molecule has 318 valence electrons. The molecule has 2 saturated carbocycles. The zero-order valence-corrected chi connectivity index (χ0v) is 35.0. The lowest BCUT2D eigenvalue weighted by molar-refractivity contribution is 0.0494. The van der Waals surface area contributed by atoms with Crippen molar-refractivity contribution >= 4 is 33.9 Å². The molecule has 60 heavy (non-hydrogen) atoms. The molecule has 2 N–H and O–H groups in total. The number of nitrogens with zero attached hydrogens (tertiary/aromatic N) is 6. The topological polar surface area (TPSA) is 146 Å². The van der Waals surface area contributed by atoms with Crippen LogP contribution < -0.4 is 21.6 Å². The fourth-order valence-corrected chi connectivity index (χ4v) is 13.0. The van der Waals surface area contributed by atoms with Crippen LogP contribution in [0.15, 0.2) is 52.1 Å². The maximum atomic E-state index is 14.5. The highest BCUT2D eigenvalue weighted by Crippen LogP contribution is 2.46. The van der Waals surface area contributed by atoms with Gasteiger partial charge in [0.2, 0.25) is 5.69 Å². The number of hydrogen-bond donors (Lipinski definition) is 1. The van der Waals surface area contributed by atoms with Crippen molar-refractivity contribution in [3.8, 4) is 5.75 Å². The molecule has 2 unspecified atom stereocenters. The molecular weight excluding hydrogens is 755 g/mol. The highest BCUT2D eigenvalue weighted by atomic mass is 16.5. The fraction of sp³-hybridized carbons (Fsp3) is 0.625. The second-order valence-electron chi connectivity index (χ2n) is 19.1. The van der Waals surface area contributed by atoms with E-state index in [1.165, 1.54) is 89.9 Å². The van der Waals surface area contributed by atoms with Crippen LogP contribution in [-0.2, 0) is 0 Å². The van der Waals surface area contributed by atoms with Gasteiger partial charge >= 0.3 is 5.97 Å². The first-order valence-corrected chi connectivity index (χ1v) is 23.5. The third kappa shape index (κ3) is 7.39. The predicted molar refractivity (Wildman–Crippen MR) is 232 cm³/mol. The molecule has 12 nitrogen and oxygen atoms in total. The quantitative estimate of drug-likeness (QED) is 0.145. The van der Waals surface area contributed by atoms with E-state index in [1.54, 1.807) is 22.8 Å². The van der Waals surface area contributed by atoms with Crippen LogP contribution in [0.3, 0.4) is 0 Å². The molecule has 2 aromatic carbocycles. The summed E-state index contributed by atoms with van der Waals surface area (Å²) >= 11 is 0. The summed E-state index contributed by atoms with van der Waals surface area (Å²) in [6.45, 7) is 0. The Morgan fingerprint density at radius 2 is 0.967 bits per heavy atom. The molecule has 6 aliphatic rings. The lowest BCUT2D eigenvalue weighted by Gasteiger charge is -2.45. The first-order chi connectivity index (χ1) is 29.3. The second kappa shape index (κ2) is 16.8. The first kappa shape index (κ1) is 39.7. The normalized spacial score (nSPS) is 28.6. The summed E-state index contributed by atoms with van der Waals surface area (Å²) in [7, 11) is 0. The molecule has 0 radical (unpaired) electrons. The summed E-state index contributed by atoms with van der Waals surface area (Å²) in [5.41, 5.74) is 6.48. The number of primary amides is 1. The number of aromatic nitrogens is 4. The number of rotatable bonds is 7. The van der Waals surface area contributed by atoms with E-state index in [1.807, 2.05) is 28.8 Å². The number of fused-ring (bicyclic) bond motifs is 6. The molecule has 10 rings (SSSR count). The van der Waals surface area contributed by atoms with Crippen LogP contribution in [0, 0.1) is 0 Å². The van der Waals surface area contributed by atoms with Crippen molar-refractivity contribution in [2.24, 2.45) is 5.73 Å². The Morgan fingerprint density at radius 1 is 0.517 bits per heavy atom. The third-order valence-corrected chi connectivity index (χ3v) is 15.5. The highest BCUT2D eigenvalue weighted by molar-refractivity contribution is 5.94. The summed E-state index contributed by atoms with van der Waals surface area (Å²) < 4.78 is 9.50. The lowest BCUT2D eigenvalue weighted by Crippen LogP contribution is -2.50. The van der Waals surface area contributed by atoms with Gasteiger partial charge in [-0.25, -0.2) is 14.8 Å². The highest BCUT2D eigenvalue weighted by Gasteiger charge is 2.46. The van der Waals surface area contributed by atoms with Crippen LogP contribution in [0.5, 0.6) is 5.75 Å². The van der Waals surface area contributed by atoms with Crippen LogP contribution >= 0.6 is 0 Å². The van der Waals surface area contributed by atoms with E-state index in [0.29, 0.717) is 52.8 Å². The Hall–Kier alpha value is -4.42. The number of ether oxygens (including phenoxy) is 1. The van der Waals surface area contributed by atoms with Crippen LogP contribution in [0.25, 0.3) is 22.1 Å². The Balaban J connectivity index is 0.926. The van der Waals surface area contributed by atoms with Gasteiger partial charge in [-0.05, 0) is 101 Å². The van der Waals surface area contributed by atoms with Crippen molar-refractivity contribution in [1.29, 1.82) is 0 Å². The molecule has 2 aromatic heterocycles. The molecule has 6 fully saturated rings. The average molecular weight is 816 g/mol. The molecule has 1 amide bonds. The second-order valence-corrected chi connectivity index (χ2v) is 19.1. The molecule has 6 atom stereocenters. The SMILES string of the molecule is NC(=O)c1nc2cc(OC(=O)c3nc4ccccc4n(C4C[C@H]5CC[C@@H](C4)N5C4CCCCCCC4)c3=O)ccc2n(C2C[C@H]3CC[C@@H](C2)N3C2CCCCCCC2)c1=O. The van der Waals surface area contributed by atoms with Crippen LogP contribution in [0.4, 0.5) is 0 Å². The minimum absolute atomic E-state index is 0.0492. The van der Waals surface area contributed by atoms with E-state index < -0.39 is 23.0 Å². The lowest BCUT2D eigenvalue weighted by atomic mass is 9.89. The Kier molecular flexibility index (Phi) is 11.1. The van der Waals surface area contributed by atoms with Gasteiger partial charge in [-0.1, -0.05) is 76.3 Å². The Labute approximate surface area is 351 Å². The maximum absolute atomic E-state index is 14.5. The molecule has 12 heteroatoms. The molecule has 0 spiro atoms. The number of benzene rings is 2. The van der Waals surface area contributed by atoms with Crippen LogP contribution in [0.1, 0.15) is 174 Å². The summed E-state index contributed by atoms with van der Waals surface area (Å²) in [6.07, 6.45) is 26.0. The number of hydrogen-bond acceptors (Lipinski definition) is 9. The molecule has 6 heterocycles. The van der Waals surface area contributed by atoms with Crippen molar-refractivity contribution in [2.75, 3.05) is 0 Å². The number of para-hydroxylation sites is 2. The van der Waals surface area contributed by atoms with Gasteiger partial charge in [0.15, 0.2) is 5.69 Å². The number of esters is 1. The summed E-state index contributed by atoms with van der Waals surface area (Å²) in [6, 6.07) is 15.2. The Morgan fingerprint density at radius 3 is 1.48 bits per heavy atom. The van der Waals surface area contributed by atoms with Crippen molar-refractivity contribution in [3.63, 3.8) is 0 Å². The van der Waals surface area contributed by atoms with Gasteiger partial charge in [0.05, 0.1) is 22.1 Å². The minimum Gasteiger partial charge on any atom is -0.422 e. The molecule has 4 saturated heterocycles. The standard InChI is InChI=1S/C48H61N7O5/c49-45(56)43-46(57)55(37-27-34-21-22-35(28-37)53(34)31-15-9-5-2-6-10-16-31)42-24-23-38(29-40(42)51-43)60-48(59)44-47(58)54(41-18-12-11-17-39(41)50-44)36-25-32-19-20-33(26-36)52(32)30-13-7-3-1-4-8-14-30/h11-12,17-18,23-24,29-37H,1-10,13-16,19-22,25-28H2,(H2,49,56)/t32-,33+,34-,35+,36?,37?. The number of carbonyl (C=O) groups excluding carboxylic acids is 2. The molecular formula is C48H61N7O5. The predicted octanol–water partition coefficient (Wildman–Crippen LogP) is 7.99. The fourth-order valence-electron chi connectivity index (χ4n) is 13.0. The van der Waals surface area contributed by atoms with E-state index in [2.05, 4.69) is 19.8 Å². The Bertz CT molecular complexity index is 2350. The third-order valence-electron chi connectivity index (χ3n) is 15.5. The van der Waals surface area contributed by atoms with E-state index >= 15 is 0 Å². The number of nitrogens with two attached hydrogens (primary N) is 1. The van der Waals surface area contributed by atoms with Crippen molar-refractivity contribution in [3.05, 3.63) is 74.6 Å². The largest absolute Gasteiger partial charge is 0.422 e. The van der Waals surface area contributed by atoms with E-state index in [0.717, 1.165) is 56.9 Å². The smallest absolute Gasteiger partial charge is 0.368 e. The van der Waals surface area contributed by atoms with E-state index in [-0.39, 0.29) is 29.2 Å². The number of amides is 1. The molecule has 2 aliphatic carbocycles. The van der Waals surface area contributed by atoms with Gasteiger partial charge in [-0.3, -0.25) is 24.2 Å². The summed E-state index contributed by atoms with van der Waals surface area (Å²) in [5, 5.41) is 0. The molecule has 4 aromatic rings. The first-order valence-electron chi connectivity index (χ1n) is 23.5. The number of piperidine rings is 2. The maximum Gasteiger partial charge on any atom is 0.368 e. The van der Waals surface area contributed by atoms with Gasteiger partial charge in [-0.15, -0.1) is 0 Å². The van der Waals surface area contributed by atoms with Gasteiger partial charge < -0.3 is 19.6 Å². The van der Waals surface area contributed by atoms with Crippen molar-refractivity contribution < 1.29 is 14.3 Å². The van der Waals surface area contributed by atoms with Gasteiger partial charge in [-0.2, -0.15) is 0 Å². The van der Waals surface area contributed by atoms with Gasteiger partial charge in [0, 0.05) is 54.4 Å². The molecule has 4 bridgehead atoms. The molecule has 4 aliphatic heterocycles. The van der Waals surface area contributed by atoms with Crippen LogP contribution in [0.2, 0.25) is 0 Å².